The molecule has 1 aliphatic heterocycles. The molecule has 0 fully saturated rings. The summed E-state index contributed by atoms with van der Waals surface area (Å²) in [7, 11) is 0. The van der Waals surface area contributed by atoms with Crippen LogP contribution in [0, 0.1) is 5.82 Å². The van der Waals surface area contributed by atoms with E-state index in [1.165, 1.54) is 17.0 Å². The Balaban J connectivity index is 2.48. The van der Waals surface area contributed by atoms with E-state index in [4.69, 9.17) is 0 Å². The van der Waals surface area contributed by atoms with Crippen LogP contribution in [0.15, 0.2) is 18.2 Å². The van der Waals surface area contributed by atoms with Crippen molar-refractivity contribution in [3.05, 3.63) is 24.0 Å². The van der Waals surface area contributed by atoms with Crippen molar-refractivity contribution in [1.82, 2.24) is 5.32 Å². The lowest BCUT2D eigenvalue weighted by Gasteiger charge is -2.11. The van der Waals surface area contributed by atoms with Crippen LogP contribution in [-0.4, -0.2) is 12.6 Å². The second-order valence-electron chi connectivity index (χ2n) is 2.77. The topological polar surface area (TPSA) is 34.4 Å². The summed E-state index contributed by atoms with van der Waals surface area (Å²) < 4.78 is 12.7. The van der Waals surface area contributed by atoms with E-state index in [1.54, 1.807) is 6.07 Å². The molecule has 0 aliphatic carbocycles. The first-order valence-electron chi connectivity index (χ1n) is 4.05. The predicted octanol–water partition coefficient (Wildman–Crippen LogP) is 2.02. The molecule has 4 heteroatoms. The number of benzene rings is 1. The molecular weight excluding hydrogens is 171 g/mol. The Morgan fingerprint density at radius 1 is 1.54 bits per heavy atom. The van der Waals surface area contributed by atoms with Gasteiger partial charge in [-0.1, -0.05) is 0 Å². The summed E-state index contributed by atoms with van der Waals surface area (Å²) in [6.07, 6.45) is 0. The van der Waals surface area contributed by atoms with Crippen LogP contribution >= 0.6 is 0 Å². The summed E-state index contributed by atoms with van der Waals surface area (Å²) in [5.74, 6) is -0.367. The van der Waals surface area contributed by atoms with Crippen molar-refractivity contribution in [3.8, 4) is 0 Å². The van der Waals surface area contributed by atoms with E-state index < -0.39 is 0 Å². The van der Waals surface area contributed by atoms with Gasteiger partial charge in [0.2, 0.25) is 0 Å². The van der Waals surface area contributed by atoms with Crippen LogP contribution in [0.25, 0.3) is 0 Å². The number of amides is 2. The molecule has 1 aliphatic rings. The van der Waals surface area contributed by atoms with Gasteiger partial charge in [0.1, 0.15) is 5.82 Å². The van der Waals surface area contributed by atoms with E-state index in [0.29, 0.717) is 17.9 Å². The number of hydrogen-bond acceptors (Lipinski definition) is 1. The first-order valence-corrected chi connectivity index (χ1v) is 4.05. The van der Waals surface area contributed by atoms with E-state index in [9.17, 15) is 9.18 Å². The molecule has 2 rings (SSSR count). The van der Waals surface area contributed by atoms with Crippen LogP contribution in [0.1, 0.15) is 6.92 Å². The zero-order valence-electron chi connectivity index (χ0n) is 7.12. The maximum atomic E-state index is 12.7. The molecule has 0 saturated heterocycles. The van der Waals surface area contributed by atoms with Crippen LogP contribution < -0.4 is 10.2 Å². The van der Waals surface area contributed by atoms with E-state index in [-0.39, 0.29) is 11.8 Å². The largest absolute Gasteiger partial charge is 0.348 e. The number of rotatable bonds is 1. The molecule has 0 aromatic heterocycles. The third-order valence-electron chi connectivity index (χ3n) is 1.99. The van der Waals surface area contributed by atoms with Gasteiger partial charge in [-0.2, -0.15) is 5.32 Å². The molecule has 13 heavy (non-hydrogen) atoms. The average Bonchev–Trinajstić information content (AvgIpc) is 2.39. The van der Waals surface area contributed by atoms with Gasteiger partial charge in [0, 0.05) is 12.6 Å². The molecule has 0 unspecified atom stereocenters. The molecule has 1 radical (unpaired) electrons. The van der Waals surface area contributed by atoms with E-state index in [0.717, 1.165) is 0 Å². The fraction of sp³-hybridized carbons (Fsp3) is 0.222. The maximum Gasteiger partial charge on any atom is 0.348 e. The van der Waals surface area contributed by atoms with Gasteiger partial charge >= 0.3 is 6.03 Å². The Bertz CT molecular complexity index is 365. The standard InChI is InChI=1S/C9H8FN2O/c1-2-12-8-4-3-6(10)5-7(8)11-9(12)13/h3-5H,2H2,1H3. The molecule has 3 nitrogen and oxygen atoms in total. The summed E-state index contributed by atoms with van der Waals surface area (Å²) in [6.45, 7) is 2.41. The van der Waals surface area contributed by atoms with Gasteiger partial charge in [0.25, 0.3) is 0 Å². The first-order chi connectivity index (χ1) is 6.22. The summed E-state index contributed by atoms with van der Waals surface area (Å²) in [6, 6.07) is 3.85. The van der Waals surface area contributed by atoms with Crippen molar-refractivity contribution in [1.29, 1.82) is 0 Å². The van der Waals surface area contributed by atoms with Gasteiger partial charge in [0.15, 0.2) is 0 Å². The van der Waals surface area contributed by atoms with E-state index >= 15 is 0 Å². The number of halogens is 1. The van der Waals surface area contributed by atoms with Crippen LogP contribution in [-0.2, 0) is 0 Å². The SMILES string of the molecule is CCN1C(=O)[N]c2cc(F)ccc21. The second kappa shape index (κ2) is 2.73. The third kappa shape index (κ3) is 1.14. The van der Waals surface area contributed by atoms with E-state index in [2.05, 4.69) is 5.32 Å². The van der Waals surface area contributed by atoms with Gasteiger partial charge in [-0.3, -0.25) is 4.90 Å². The van der Waals surface area contributed by atoms with Gasteiger partial charge in [0.05, 0.1) is 11.4 Å². The van der Waals surface area contributed by atoms with Crippen molar-refractivity contribution in [2.24, 2.45) is 0 Å². The number of anilines is 1. The van der Waals surface area contributed by atoms with Crippen LogP contribution in [0.2, 0.25) is 0 Å². The van der Waals surface area contributed by atoms with Gasteiger partial charge in [-0.25, -0.2) is 9.18 Å². The Kier molecular flexibility index (Phi) is 1.69. The Hall–Kier alpha value is -1.58. The van der Waals surface area contributed by atoms with E-state index in [1.807, 2.05) is 6.92 Å². The molecule has 0 N–H and O–H groups in total. The van der Waals surface area contributed by atoms with Crippen molar-refractivity contribution in [2.75, 3.05) is 11.4 Å². The summed E-state index contributed by atoms with van der Waals surface area (Å²) >= 11 is 0. The highest BCUT2D eigenvalue weighted by Crippen LogP contribution is 2.32. The van der Waals surface area contributed by atoms with Crippen LogP contribution in [0.4, 0.5) is 20.6 Å². The number of nitrogens with zero attached hydrogens (tertiary/aromatic N) is 2. The molecule has 1 aromatic rings. The summed E-state index contributed by atoms with van der Waals surface area (Å²) in [5.41, 5.74) is 1.11. The highest BCUT2D eigenvalue weighted by atomic mass is 19.1. The normalized spacial score (nSPS) is 14.3. The van der Waals surface area contributed by atoms with Gasteiger partial charge in [-0.15, -0.1) is 0 Å². The van der Waals surface area contributed by atoms with Crippen molar-refractivity contribution in [3.63, 3.8) is 0 Å². The zero-order valence-corrected chi connectivity index (χ0v) is 7.12. The minimum absolute atomic E-state index is 0.317. The average molecular weight is 179 g/mol. The molecule has 67 valence electrons. The van der Waals surface area contributed by atoms with Gasteiger partial charge < -0.3 is 0 Å². The lowest BCUT2D eigenvalue weighted by molar-refractivity contribution is 0.251. The van der Waals surface area contributed by atoms with Crippen molar-refractivity contribution < 1.29 is 9.18 Å². The van der Waals surface area contributed by atoms with Crippen molar-refractivity contribution >= 4 is 17.4 Å². The Morgan fingerprint density at radius 3 is 3.00 bits per heavy atom. The maximum absolute atomic E-state index is 12.7. The number of fused-ring (bicyclic) bond motifs is 1. The van der Waals surface area contributed by atoms with Crippen LogP contribution in [0.5, 0.6) is 0 Å². The molecule has 0 saturated carbocycles. The minimum atomic E-state index is -0.367. The van der Waals surface area contributed by atoms with Crippen LogP contribution in [0.3, 0.4) is 0 Å². The molecular formula is C9H8FN2O. The van der Waals surface area contributed by atoms with Gasteiger partial charge in [-0.05, 0) is 19.1 Å². The highest BCUT2D eigenvalue weighted by Gasteiger charge is 2.27. The lowest BCUT2D eigenvalue weighted by Crippen LogP contribution is -2.27. The molecule has 0 spiro atoms. The number of urea groups is 1. The Labute approximate surface area is 75.2 Å². The third-order valence-corrected chi connectivity index (χ3v) is 1.99. The number of hydrogen-bond donors (Lipinski definition) is 0. The zero-order chi connectivity index (χ0) is 9.42. The molecule has 2 amide bonds. The molecule has 0 atom stereocenters. The summed E-state index contributed by atoms with van der Waals surface area (Å²) in [5, 5.41) is 3.71. The second-order valence-corrected chi connectivity index (χ2v) is 2.77. The number of carbonyl (C=O) groups excluding carboxylic acids is 1. The summed E-state index contributed by atoms with van der Waals surface area (Å²) in [4.78, 5) is 12.7. The fourth-order valence-corrected chi connectivity index (χ4v) is 1.39. The smallest absolute Gasteiger partial charge is 0.291 e. The molecule has 1 aromatic carbocycles. The minimum Gasteiger partial charge on any atom is -0.291 e. The number of carbonyl (C=O) groups is 1. The molecule has 1 heterocycles. The highest BCUT2D eigenvalue weighted by molar-refractivity contribution is 6.04. The Morgan fingerprint density at radius 2 is 2.31 bits per heavy atom. The fourth-order valence-electron chi connectivity index (χ4n) is 1.39. The molecule has 0 bridgehead atoms. The predicted molar refractivity (Wildman–Crippen MR) is 46.6 cm³/mol. The quantitative estimate of drug-likeness (QED) is 0.649. The monoisotopic (exact) mass is 179 g/mol. The lowest BCUT2D eigenvalue weighted by atomic mass is 10.2. The first kappa shape index (κ1) is 8.04. The van der Waals surface area contributed by atoms with Crippen molar-refractivity contribution in [2.45, 2.75) is 6.92 Å².